The SMILES string of the molecule is Nc1ncn([C@H]2C[C@@H](OP(=O)(S)OC[C@H]3O[C@@H](n4cnc(N)nc4=O)C[C@H]3OP(O)(=S)OC[C@H]3O[C@@H](n4cnc5c(=O)[nH]c(N)nc54)C[C@H]3O)[C@@H](COP(O)(=S)O[C@@H]3C[C@H](n4cnc5c(=O)[nH]c(N)nc54)O[C@@H]3CO)O2)c(=O)n1. The number of aromatic amines is 2. The van der Waals surface area contributed by atoms with Crippen molar-refractivity contribution < 1.29 is 70.7 Å². The number of imidazole rings is 2. The number of H-pyrrole nitrogens is 2. The Bertz CT molecular complexity index is 3670. The Morgan fingerprint density at radius 1 is 0.595 bits per heavy atom. The van der Waals surface area contributed by atoms with Crippen LogP contribution in [0.25, 0.3) is 22.3 Å². The largest absolute Gasteiger partial charge is 0.394 e. The monoisotopic (exact) mass is 1220 g/mol. The molecule has 10 heterocycles. The number of nitrogens with one attached hydrogen (secondary N) is 2. The van der Waals surface area contributed by atoms with Gasteiger partial charge in [-0.15, -0.1) is 0 Å². The van der Waals surface area contributed by atoms with Gasteiger partial charge in [0.1, 0.15) is 68.1 Å². The van der Waals surface area contributed by atoms with E-state index in [1.54, 1.807) is 0 Å². The van der Waals surface area contributed by atoms with E-state index < -0.39 is 143 Å². The molecule has 0 spiro atoms. The summed E-state index contributed by atoms with van der Waals surface area (Å²) in [6.45, 7) is -15.7. The summed E-state index contributed by atoms with van der Waals surface area (Å²) in [5, 5.41) is 21.1. The van der Waals surface area contributed by atoms with Gasteiger partial charge in [-0.1, -0.05) is 12.2 Å². The number of anilines is 4. The maximum atomic E-state index is 14.2. The number of nitrogen functional groups attached to an aromatic ring is 4. The van der Waals surface area contributed by atoms with Crippen LogP contribution < -0.4 is 45.4 Å². The summed E-state index contributed by atoms with van der Waals surface area (Å²) >= 11 is 14.9. The van der Waals surface area contributed by atoms with Crippen molar-refractivity contribution in [2.45, 2.75) is 99.4 Å². The number of nitrogens with two attached hydrogens (primary N) is 4. The number of hydrogen-bond acceptors (Lipinski definition) is 31. The number of rotatable bonds is 20. The molecule has 6 aromatic heterocycles. The van der Waals surface area contributed by atoms with Gasteiger partial charge >= 0.3 is 31.6 Å². The molecule has 0 amide bonds. The quantitative estimate of drug-likeness (QED) is 0.0269. The number of aliphatic hydroxyl groups excluding tert-OH is 2. The number of thiol groups is 1. The van der Waals surface area contributed by atoms with Crippen molar-refractivity contribution >= 4 is 102 Å². The Kier molecular flexibility index (Phi) is 16.4. The van der Waals surface area contributed by atoms with Crippen LogP contribution in [-0.4, -0.2) is 163 Å². The first-order valence-corrected chi connectivity index (χ1v) is 31.0. The predicted molar refractivity (Wildman–Crippen MR) is 276 cm³/mol. The summed E-state index contributed by atoms with van der Waals surface area (Å²) in [7, 11) is 0. The first-order chi connectivity index (χ1) is 37.4. The molecular weight excluding hydrogens is 1180 g/mol. The lowest BCUT2D eigenvalue weighted by atomic mass is 10.2. The van der Waals surface area contributed by atoms with Gasteiger partial charge in [0.05, 0.1) is 57.4 Å². The minimum absolute atomic E-state index is 0.0250. The van der Waals surface area contributed by atoms with E-state index in [2.05, 4.69) is 62.1 Å². The van der Waals surface area contributed by atoms with Gasteiger partial charge in [-0.2, -0.15) is 19.9 Å². The number of ether oxygens (including phenoxy) is 4. The zero-order valence-electron chi connectivity index (χ0n) is 40.1. The third kappa shape index (κ3) is 12.7. The minimum atomic E-state index is -4.61. The van der Waals surface area contributed by atoms with Crippen LogP contribution in [-0.2, 0) is 74.3 Å². The molecule has 0 radical (unpaired) electrons. The van der Waals surface area contributed by atoms with E-state index in [1.807, 2.05) is 0 Å². The summed E-state index contributed by atoms with van der Waals surface area (Å²) in [5.41, 5.74) is 19.8. The molecule has 428 valence electrons. The van der Waals surface area contributed by atoms with Crippen molar-refractivity contribution in [2.75, 3.05) is 49.4 Å². The lowest BCUT2D eigenvalue weighted by Gasteiger charge is -2.27. The second-order valence-electron chi connectivity index (χ2n) is 17.8. The fraction of sp³-hybridized carbons (Fsp3) is 0.556. The number of aliphatic hydroxyl groups is 2. The van der Waals surface area contributed by atoms with Gasteiger partial charge in [0.2, 0.25) is 23.8 Å². The summed E-state index contributed by atoms with van der Waals surface area (Å²) in [5.74, 6) is -1.05. The Morgan fingerprint density at radius 2 is 0.987 bits per heavy atom. The number of nitrogens with zero attached hydrogens (tertiary/aromatic N) is 12. The molecule has 4 saturated heterocycles. The molecule has 4 aliphatic heterocycles. The maximum Gasteiger partial charge on any atom is 0.386 e. The van der Waals surface area contributed by atoms with E-state index in [-0.39, 0.29) is 71.8 Å². The molecule has 0 aromatic carbocycles. The highest BCUT2D eigenvalue weighted by Gasteiger charge is 2.47. The van der Waals surface area contributed by atoms with Gasteiger partial charge in [-0.05, 0) is 23.6 Å². The smallest absolute Gasteiger partial charge is 0.386 e. The molecule has 6 aromatic rings. The van der Waals surface area contributed by atoms with Crippen molar-refractivity contribution in [1.29, 1.82) is 0 Å². The number of hydrogen-bond donors (Lipinski definition) is 11. The highest BCUT2D eigenvalue weighted by atomic mass is 32.7. The average Bonchev–Trinajstić information content (AvgIpc) is 4.46. The van der Waals surface area contributed by atoms with Crippen LogP contribution in [0, 0.1) is 0 Å². The molecule has 37 nitrogen and oxygen atoms in total. The Morgan fingerprint density at radius 3 is 1.47 bits per heavy atom. The van der Waals surface area contributed by atoms with Crippen LogP contribution in [0.1, 0.15) is 50.6 Å². The number of aromatic nitrogens is 14. The van der Waals surface area contributed by atoms with Crippen LogP contribution in [0.3, 0.4) is 0 Å². The van der Waals surface area contributed by atoms with Crippen LogP contribution in [0.15, 0.2) is 44.5 Å². The van der Waals surface area contributed by atoms with Crippen LogP contribution in [0.4, 0.5) is 23.8 Å². The normalized spacial score (nSPS) is 29.5. The lowest BCUT2D eigenvalue weighted by Crippen LogP contribution is -2.31. The minimum Gasteiger partial charge on any atom is -0.394 e. The molecule has 15 atom stereocenters. The van der Waals surface area contributed by atoms with E-state index >= 15 is 0 Å². The summed E-state index contributed by atoms with van der Waals surface area (Å²) in [6, 6.07) is 0. The van der Waals surface area contributed by atoms with Gasteiger partial charge < -0.3 is 80.0 Å². The number of fused-ring (bicyclic) bond motifs is 2. The first kappa shape index (κ1) is 57.1. The van der Waals surface area contributed by atoms with Crippen molar-refractivity contribution in [3.8, 4) is 0 Å². The van der Waals surface area contributed by atoms with E-state index in [1.165, 1.54) is 21.8 Å². The Balaban J connectivity index is 0.809. The Hall–Kier alpha value is -5.16. The molecule has 10 rings (SSSR count). The van der Waals surface area contributed by atoms with Crippen molar-refractivity contribution in [1.82, 2.24) is 68.1 Å². The highest BCUT2D eigenvalue weighted by molar-refractivity contribution is 8.44. The highest BCUT2D eigenvalue weighted by Crippen LogP contribution is 2.58. The third-order valence-electron chi connectivity index (χ3n) is 12.6. The molecule has 0 aliphatic carbocycles. The van der Waals surface area contributed by atoms with Crippen LogP contribution in [0.5, 0.6) is 0 Å². The molecule has 4 fully saturated rings. The molecule has 4 aliphatic rings. The maximum absolute atomic E-state index is 14.2. The van der Waals surface area contributed by atoms with E-state index in [0.29, 0.717) is 0 Å². The summed E-state index contributed by atoms with van der Waals surface area (Å²) in [6.07, 6.45) is -10.0. The Labute approximate surface area is 455 Å². The molecule has 0 saturated carbocycles. The molecule has 79 heavy (non-hydrogen) atoms. The molecular formula is C36H47N18O19P3S3. The van der Waals surface area contributed by atoms with Gasteiger partial charge in [0, 0.05) is 25.7 Å². The zero-order chi connectivity index (χ0) is 56.3. The molecule has 43 heteroatoms. The fourth-order valence-electron chi connectivity index (χ4n) is 8.97. The molecule has 0 bridgehead atoms. The summed E-state index contributed by atoms with van der Waals surface area (Å²) < 4.78 is 77.7. The molecule has 14 N–H and O–H groups in total. The van der Waals surface area contributed by atoms with Gasteiger partial charge in [0.25, 0.3) is 11.1 Å². The summed E-state index contributed by atoms with van der Waals surface area (Å²) in [4.78, 5) is 109. The van der Waals surface area contributed by atoms with Crippen molar-refractivity contribution in [2.24, 2.45) is 0 Å². The third-order valence-corrected chi connectivity index (χ3v) is 17.4. The van der Waals surface area contributed by atoms with E-state index in [4.69, 9.17) is 92.6 Å². The van der Waals surface area contributed by atoms with Gasteiger partial charge in [-0.25, -0.2) is 34.1 Å². The second kappa shape index (κ2) is 22.6. The average molecular weight is 1230 g/mol. The van der Waals surface area contributed by atoms with Gasteiger partial charge in [0.15, 0.2) is 22.3 Å². The van der Waals surface area contributed by atoms with Crippen LogP contribution in [0.2, 0.25) is 0 Å². The lowest BCUT2D eigenvalue weighted by molar-refractivity contribution is -0.0552. The van der Waals surface area contributed by atoms with Crippen LogP contribution >= 0.6 is 32.5 Å². The first-order valence-electron chi connectivity index (χ1n) is 23.2. The second-order valence-corrected chi connectivity index (χ2v) is 26.3. The standard InChI is InChI=1S/C36H47N18O19P3S3/c37-31-43-11-53(35(59)49-31)23-3-15(72-74(61,77)64-6-18-13(56)1-21(68-18)51-9-41-25-27(51)45-33(39)47-29(25)57)20(70-23)8-66-76(63,79)73-16-4-24(54-12-44-32(38)50-36(54)60)69-19(16)7-65-75(62,78)71-14-2-22(67-17(14)5-55)52-10-42-26-28(52)46-34(40)48-30(26)58/h9-24,55-56H,1-8H2,(H,61,77)(H,62,78)(H,63,79)(H2,37,49,59)(H2,38,50,60)(H3,39,45,47,57)(H3,40,46,48,58)/t13-,14-,15-,16-,17-,18-,19-,20-,21-,22-,23-,24-,74?,75?,76?/m1/s1. The van der Waals surface area contributed by atoms with E-state index in [9.17, 15) is 43.7 Å². The van der Waals surface area contributed by atoms with Gasteiger partial charge in [-0.3, -0.25) is 46.9 Å². The fourth-order valence-corrected chi connectivity index (χ4v) is 13.4. The van der Waals surface area contributed by atoms with E-state index in [0.717, 1.165) is 21.8 Å². The van der Waals surface area contributed by atoms with Crippen molar-refractivity contribution in [3.05, 3.63) is 67.0 Å². The molecule has 3 unspecified atom stereocenters. The van der Waals surface area contributed by atoms with Crippen molar-refractivity contribution in [3.63, 3.8) is 0 Å². The topological polar surface area (TPSA) is 517 Å². The predicted octanol–water partition coefficient (Wildman–Crippen LogP) is -2.93. The zero-order valence-corrected chi connectivity index (χ0v) is 45.3.